The number of likely N-dealkylation sites (N-methyl/N-ethyl adjacent to an activating group) is 1. The molecule has 116 valence electrons. The first-order valence-electron chi connectivity index (χ1n) is 6.92. The zero-order chi connectivity index (χ0) is 16.0. The molecule has 0 bridgehead atoms. The predicted molar refractivity (Wildman–Crippen MR) is 79.7 cm³/mol. The van der Waals surface area contributed by atoms with E-state index in [0.717, 1.165) is 17.0 Å². The van der Waals surface area contributed by atoms with Crippen LogP contribution in [0.25, 0.3) is 0 Å². The molecule has 0 unspecified atom stereocenters. The Morgan fingerprint density at radius 1 is 1.43 bits per heavy atom. The summed E-state index contributed by atoms with van der Waals surface area (Å²) >= 11 is 0. The molecule has 0 radical (unpaired) electrons. The second-order valence-electron chi connectivity index (χ2n) is 5.11. The number of carbonyl (C=O) groups is 2. The van der Waals surface area contributed by atoms with Crippen molar-refractivity contribution in [2.24, 2.45) is 0 Å². The van der Waals surface area contributed by atoms with Gasteiger partial charge in [-0.1, -0.05) is 12.2 Å². The molecule has 1 aromatic rings. The largest absolute Gasteiger partial charge is 0.454 e. The van der Waals surface area contributed by atoms with E-state index in [-0.39, 0.29) is 19.1 Å². The third-order valence-electron chi connectivity index (χ3n) is 2.93. The van der Waals surface area contributed by atoms with Gasteiger partial charge in [-0.15, -0.1) is 0 Å². The van der Waals surface area contributed by atoms with Gasteiger partial charge in [-0.25, -0.2) is 0 Å². The fourth-order valence-corrected chi connectivity index (χ4v) is 1.94. The Hall–Kier alpha value is -2.11. The van der Waals surface area contributed by atoms with Gasteiger partial charge in [0.1, 0.15) is 6.54 Å². The molecule has 21 heavy (non-hydrogen) atoms. The van der Waals surface area contributed by atoms with Crippen LogP contribution in [0.15, 0.2) is 18.2 Å². The average Bonchev–Trinajstić information content (AvgIpc) is 2.71. The van der Waals surface area contributed by atoms with E-state index in [0.29, 0.717) is 13.1 Å². The normalized spacial score (nSPS) is 10.3. The minimum Gasteiger partial charge on any atom is -0.454 e. The van der Waals surface area contributed by atoms with Crippen molar-refractivity contribution in [3.8, 4) is 0 Å². The second kappa shape index (κ2) is 7.61. The van der Waals surface area contributed by atoms with E-state index in [1.807, 2.05) is 33.8 Å². The summed E-state index contributed by atoms with van der Waals surface area (Å²) in [6.07, 6.45) is 0. The molecule has 0 aliphatic heterocycles. The van der Waals surface area contributed by atoms with Crippen LogP contribution in [0, 0.1) is 13.8 Å². The second-order valence-corrected chi connectivity index (χ2v) is 5.11. The van der Waals surface area contributed by atoms with E-state index in [9.17, 15) is 9.59 Å². The Morgan fingerprint density at radius 3 is 2.57 bits per heavy atom. The zero-order valence-electron chi connectivity index (χ0n) is 13.2. The molecule has 6 heteroatoms. The predicted octanol–water partition coefficient (Wildman–Crippen LogP) is 1.47. The van der Waals surface area contributed by atoms with Crippen LogP contribution in [0.5, 0.6) is 0 Å². The topological polar surface area (TPSA) is 64.4 Å². The summed E-state index contributed by atoms with van der Waals surface area (Å²) in [6, 6.07) is 1.88. The molecule has 6 nitrogen and oxygen atoms in total. The monoisotopic (exact) mass is 293 g/mol. The number of hydrogen-bond donors (Lipinski definition) is 0. The first-order valence-corrected chi connectivity index (χ1v) is 6.92. The summed E-state index contributed by atoms with van der Waals surface area (Å²) < 4.78 is 6.58. The van der Waals surface area contributed by atoms with E-state index < -0.39 is 5.97 Å². The van der Waals surface area contributed by atoms with Crippen LogP contribution in [0.3, 0.4) is 0 Å². The van der Waals surface area contributed by atoms with Crippen molar-refractivity contribution in [2.45, 2.75) is 34.2 Å². The Kier molecular flexibility index (Phi) is 6.14. The fraction of sp³-hybridized carbons (Fsp3) is 0.533. The van der Waals surface area contributed by atoms with Crippen molar-refractivity contribution in [3.05, 3.63) is 29.6 Å². The standard InChI is InChI=1S/C15H23N3O3/c1-6-17(8-11(2)3)14(19)10-21-15(20)9-18-13(5)7-12(4)16-18/h7H,2,6,8-10H2,1,3-5H3. The van der Waals surface area contributed by atoms with Crippen molar-refractivity contribution in [1.82, 2.24) is 14.7 Å². The van der Waals surface area contributed by atoms with Crippen LogP contribution in [0.2, 0.25) is 0 Å². The number of amides is 1. The van der Waals surface area contributed by atoms with Crippen LogP contribution in [0.1, 0.15) is 25.2 Å². The molecule has 0 aliphatic carbocycles. The summed E-state index contributed by atoms with van der Waals surface area (Å²) in [5, 5.41) is 4.18. The van der Waals surface area contributed by atoms with Gasteiger partial charge in [0.15, 0.2) is 6.61 Å². The van der Waals surface area contributed by atoms with Gasteiger partial charge < -0.3 is 9.64 Å². The Morgan fingerprint density at radius 2 is 2.10 bits per heavy atom. The van der Waals surface area contributed by atoms with Gasteiger partial charge in [0.25, 0.3) is 5.91 Å². The molecule has 0 fully saturated rings. The third kappa shape index (κ3) is 5.41. The van der Waals surface area contributed by atoms with Crippen LogP contribution in [-0.2, 0) is 20.9 Å². The highest BCUT2D eigenvalue weighted by atomic mass is 16.5. The van der Waals surface area contributed by atoms with Crippen molar-refractivity contribution < 1.29 is 14.3 Å². The summed E-state index contributed by atoms with van der Waals surface area (Å²) in [7, 11) is 0. The van der Waals surface area contributed by atoms with Crippen molar-refractivity contribution in [1.29, 1.82) is 0 Å². The van der Waals surface area contributed by atoms with Gasteiger partial charge in [0, 0.05) is 18.8 Å². The highest BCUT2D eigenvalue weighted by Gasteiger charge is 2.15. The maximum absolute atomic E-state index is 11.9. The van der Waals surface area contributed by atoms with E-state index in [1.54, 1.807) is 9.58 Å². The number of aromatic nitrogens is 2. The van der Waals surface area contributed by atoms with Gasteiger partial charge in [-0.3, -0.25) is 14.3 Å². The number of rotatable bonds is 7. The first-order chi connectivity index (χ1) is 9.83. The lowest BCUT2D eigenvalue weighted by Gasteiger charge is -2.20. The number of aryl methyl sites for hydroxylation is 2. The molecule has 1 heterocycles. The molecule has 1 amide bonds. The van der Waals surface area contributed by atoms with Gasteiger partial charge >= 0.3 is 5.97 Å². The summed E-state index contributed by atoms with van der Waals surface area (Å²) in [5.74, 6) is -0.692. The smallest absolute Gasteiger partial charge is 0.328 e. The molecular weight excluding hydrogens is 270 g/mol. The molecule has 0 N–H and O–H groups in total. The van der Waals surface area contributed by atoms with Crippen molar-refractivity contribution in [3.63, 3.8) is 0 Å². The Balaban J connectivity index is 2.47. The number of esters is 1. The number of hydrogen-bond acceptors (Lipinski definition) is 4. The molecule has 0 atom stereocenters. The van der Waals surface area contributed by atoms with Gasteiger partial charge in [0.05, 0.1) is 5.69 Å². The molecule has 0 aliphatic rings. The molecule has 0 spiro atoms. The number of ether oxygens (including phenoxy) is 1. The Labute approximate surface area is 125 Å². The minimum atomic E-state index is -0.471. The third-order valence-corrected chi connectivity index (χ3v) is 2.93. The number of nitrogens with zero attached hydrogens (tertiary/aromatic N) is 3. The van der Waals surface area contributed by atoms with E-state index in [1.165, 1.54) is 0 Å². The zero-order valence-corrected chi connectivity index (χ0v) is 13.2. The lowest BCUT2D eigenvalue weighted by atomic mass is 10.3. The molecule has 0 saturated carbocycles. The van der Waals surface area contributed by atoms with Gasteiger partial charge in [-0.2, -0.15) is 5.10 Å². The van der Waals surface area contributed by atoms with E-state index in [4.69, 9.17) is 4.74 Å². The lowest BCUT2D eigenvalue weighted by molar-refractivity contribution is -0.152. The summed E-state index contributed by atoms with van der Waals surface area (Å²) in [6.45, 7) is 12.0. The highest BCUT2D eigenvalue weighted by Crippen LogP contribution is 2.02. The summed E-state index contributed by atoms with van der Waals surface area (Å²) in [5.41, 5.74) is 2.61. The van der Waals surface area contributed by atoms with Crippen LogP contribution >= 0.6 is 0 Å². The van der Waals surface area contributed by atoms with Crippen LogP contribution in [-0.4, -0.2) is 46.3 Å². The molecule has 1 rings (SSSR count). The van der Waals surface area contributed by atoms with E-state index >= 15 is 0 Å². The van der Waals surface area contributed by atoms with Crippen molar-refractivity contribution >= 4 is 11.9 Å². The van der Waals surface area contributed by atoms with Crippen molar-refractivity contribution in [2.75, 3.05) is 19.7 Å². The fourth-order valence-electron chi connectivity index (χ4n) is 1.94. The minimum absolute atomic E-state index is 0.0135. The first kappa shape index (κ1) is 16.9. The highest BCUT2D eigenvalue weighted by molar-refractivity contribution is 5.80. The van der Waals surface area contributed by atoms with Crippen LogP contribution < -0.4 is 0 Å². The lowest BCUT2D eigenvalue weighted by Crippen LogP contribution is -2.36. The number of carbonyl (C=O) groups excluding carboxylic acids is 2. The Bertz CT molecular complexity index is 534. The van der Waals surface area contributed by atoms with Crippen LogP contribution in [0.4, 0.5) is 0 Å². The quantitative estimate of drug-likeness (QED) is 0.564. The maximum atomic E-state index is 11.9. The summed E-state index contributed by atoms with van der Waals surface area (Å²) in [4.78, 5) is 25.3. The average molecular weight is 293 g/mol. The molecular formula is C15H23N3O3. The maximum Gasteiger partial charge on any atom is 0.328 e. The molecule has 0 saturated heterocycles. The molecule has 0 aromatic carbocycles. The van der Waals surface area contributed by atoms with Gasteiger partial charge in [0.2, 0.25) is 0 Å². The van der Waals surface area contributed by atoms with Gasteiger partial charge in [-0.05, 0) is 33.8 Å². The molecule has 1 aromatic heterocycles. The SMILES string of the molecule is C=C(C)CN(CC)C(=O)COC(=O)Cn1nc(C)cc1C. The van der Waals surface area contributed by atoms with E-state index in [2.05, 4.69) is 11.7 Å².